The molecule has 0 aliphatic rings. The first-order valence-corrected chi connectivity index (χ1v) is 3.67. The summed E-state index contributed by atoms with van der Waals surface area (Å²) in [5.74, 6) is -0.115. The molecule has 0 saturated heterocycles. The third kappa shape index (κ3) is 5.60. The molecule has 2 nitrogen and oxygen atoms in total. The summed E-state index contributed by atoms with van der Waals surface area (Å²) >= 11 is 0. The average Bonchev–Trinajstić information content (AvgIpc) is 1.89. The minimum atomic E-state index is -0.115. The summed E-state index contributed by atoms with van der Waals surface area (Å²) < 4.78 is 4.71. The minimum absolute atomic E-state index is 0.115. The number of unbranched alkanes of at least 4 members (excludes halogenated alkanes) is 2. The lowest BCUT2D eigenvalue weighted by molar-refractivity contribution is -0.143. The highest BCUT2D eigenvalue weighted by molar-refractivity contribution is 5.69. The van der Waals surface area contributed by atoms with Gasteiger partial charge in [-0.1, -0.05) is 6.42 Å². The molecular formula is C8H14O2. The first-order chi connectivity index (χ1) is 4.81. The highest BCUT2D eigenvalue weighted by Crippen LogP contribution is 1.99. The van der Waals surface area contributed by atoms with E-state index in [4.69, 9.17) is 11.7 Å². The van der Waals surface area contributed by atoms with Crippen molar-refractivity contribution in [2.24, 2.45) is 0 Å². The second-order valence-electron chi connectivity index (χ2n) is 2.05. The molecule has 0 heterocycles. The van der Waals surface area contributed by atoms with Crippen molar-refractivity contribution in [2.45, 2.75) is 32.6 Å². The molecule has 0 rings (SSSR count). The number of carbonyl (C=O) groups is 1. The summed E-state index contributed by atoms with van der Waals surface area (Å²) in [7, 11) is 0. The third-order valence-corrected chi connectivity index (χ3v) is 1.14. The zero-order chi connectivity index (χ0) is 7.82. The molecule has 0 aromatic rings. The maximum absolute atomic E-state index is 10.7. The van der Waals surface area contributed by atoms with E-state index >= 15 is 0 Å². The Morgan fingerprint density at radius 3 is 2.70 bits per heavy atom. The molecule has 0 N–H and O–H groups in total. The summed E-state index contributed by atoms with van der Waals surface area (Å²) in [6.07, 6.45) is 2.90. The van der Waals surface area contributed by atoms with E-state index in [9.17, 15) is 4.79 Å². The van der Waals surface area contributed by atoms with Gasteiger partial charge in [0.1, 0.15) is 0 Å². The molecule has 58 valence electrons. The number of hydrogen-bond acceptors (Lipinski definition) is 2. The van der Waals surface area contributed by atoms with Gasteiger partial charge in [-0.05, 0) is 26.7 Å². The number of esters is 1. The Balaban J connectivity index is 3.05. The van der Waals surface area contributed by atoms with Crippen molar-refractivity contribution in [3.63, 3.8) is 0 Å². The Kier molecular flexibility index (Phi) is 6.24. The van der Waals surface area contributed by atoms with Crippen LogP contribution in [0.25, 0.3) is 0 Å². The van der Waals surface area contributed by atoms with Crippen LogP contribution in [0, 0.1) is 6.92 Å². The lowest BCUT2D eigenvalue weighted by atomic mass is 10.2. The Morgan fingerprint density at radius 2 is 2.20 bits per heavy atom. The van der Waals surface area contributed by atoms with Gasteiger partial charge in [0.15, 0.2) is 0 Å². The van der Waals surface area contributed by atoms with Crippen LogP contribution < -0.4 is 0 Å². The van der Waals surface area contributed by atoms with Gasteiger partial charge < -0.3 is 4.74 Å². The SMILES string of the molecule is [CH]CCCCC(=O)OCC. The molecule has 0 spiro atoms. The maximum Gasteiger partial charge on any atom is 0.305 e. The summed E-state index contributed by atoms with van der Waals surface area (Å²) in [6, 6.07) is 0. The molecule has 0 saturated carbocycles. The lowest BCUT2D eigenvalue weighted by Crippen LogP contribution is -2.02. The van der Waals surface area contributed by atoms with E-state index in [1.807, 2.05) is 0 Å². The van der Waals surface area contributed by atoms with E-state index in [1.165, 1.54) is 0 Å². The second-order valence-corrected chi connectivity index (χ2v) is 2.05. The molecule has 0 bridgehead atoms. The molecule has 0 aliphatic heterocycles. The van der Waals surface area contributed by atoms with Crippen LogP contribution in [0.4, 0.5) is 0 Å². The smallest absolute Gasteiger partial charge is 0.305 e. The molecule has 0 aromatic carbocycles. The van der Waals surface area contributed by atoms with Crippen molar-refractivity contribution >= 4 is 5.97 Å². The van der Waals surface area contributed by atoms with Gasteiger partial charge in [0, 0.05) is 6.42 Å². The van der Waals surface area contributed by atoms with E-state index in [0.29, 0.717) is 19.4 Å². The fourth-order valence-corrected chi connectivity index (χ4v) is 0.647. The van der Waals surface area contributed by atoms with Crippen molar-refractivity contribution in [1.82, 2.24) is 0 Å². The number of ether oxygens (including phenoxy) is 1. The van der Waals surface area contributed by atoms with Crippen molar-refractivity contribution in [3.05, 3.63) is 6.92 Å². The first-order valence-electron chi connectivity index (χ1n) is 3.67. The predicted molar refractivity (Wildman–Crippen MR) is 39.4 cm³/mol. The van der Waals surface area contributed by atoms with E-state index in [0.717, 1.165) is 12.8 Å². The summed E-state index contributed by atoms with van der Waals surface area (Å²) in [4.78, 5) is 10.7. The van der Waals surface area contributed by atoms with E-state index in [2.05, 4.69) is 0 Å². The standard InChI is InChI=1S/C8H14O2/c1-3-5-6-7-8(9)10-4-2/h1H,3-7H2,2H3. The van der Waals surface area contributed by atoms with Crippen LogP contribution in [0.2, 0.25) is 0 Å². The number of carbonyl (C=O) groups excluding carboxylic acids is 1. The Labute approximate surface area is 62.6 Å². The van der Waals surface area contributed by atoms with Gasteiger partial charge in [-0.3, -0.25) is 4.79 Å². The van der Waals surface area contributed by atoms with Gasteiger partial charge in [-0.15, -0.1) is 0 Å². The monoisotopic (exact) mass is 142 g/mol. The first kappa shape index (κ1) is 9.47. The topological polar surface area (TPSA) is 26.3 Å². The molecule has 0 atom stereocenters. The molecule has 2 radical (unpaired) electrons. The molecule has 0 fully saturated rings. The van der Waals surface area contributed by atoms with Crippen LogP contribution in [0.1, 0.15) is 32.6 Å². The molecule has 0 amide bonds. The van der Waals surface area contributed by atoms with Crippen LogP contribution in [-0.4, -0.2) is 12.6 Å². The summed E-state index contributed by atoms with van der Waals surface area (Å²) in [5.41, 5.74) is 0. The Morgan fingerprint density at radius 1 is 1.50 bits per heavy atom. The van der Waals surface area contributed by atoms with Crippen LogP contribution in [-0.2, 0) is 9.53 Å². The average molecular weight is 142 g/mol. The van der Waals surface area contributed by atoms with Crippen molar-refractivity contribution in [1.29, 1.82) is 0 Å². The fraction of sp³-hybridized carbons (Fsp3) is 0.750. The molecule has 0 aromatic heterocycles. The quantitative estimate of drug-likeness (QED) is 0.432. The molecule has 0 unspecified atom stereocenters. The Bertz CT molecular complexity index is 89.3. The van der Waals surface area contributed by atoms with Gasteiger partial charge in [0.05, 0.1) is 6.61 Å². The summed E-state index contributed by atoms with van der Waals surface area (Å²) in [6.45, 7) is 7.52. The van der Waals surface area contributed by atoms with E-state index < -0.39 is 0 Å². The molecular weight excluding hydrogens is 128 g/mol. The van der Waals surface area contributed by atoms with Crippen LogP contribution in [0.5, 0.6) is 0 Å². The van der Waals surface area contributed by atoms with Crippen molar-refractivity contribution < 1.29 is 9.53 Å². The third-order valence-electron chi connectivity index (χ3n) is 1.14. The highest BCUT2D eigenvalue weighted by Gasteiger charge is 1.98. The van der Waals surface area contributed by atoms with Crippen molar-refractivity contribution in [2.75, 3.05) is 6.61 Å². The van der Waals surface area contributed by atoms with E-state index in [1.54, 1.807) is 6.92 Å². The van der Waals surface area contributed by atoms with Crippen molar-refractivity contribution in [3.8, 4) is 0 Å². The normalized spacial score (nSPS) is 9.40. The fourth-order valence-electron chi connectivity index (χ4n) is 0.647. The zero-order valence-electron chi connectivity index (χ0n) is 6.43. The predicted octanol–water partition coefficient (Wildman–Crippen LogP) is 1.82. The second kappa shape index (κ2) is 6.59. The van der Waals surface area contributed by atoms with Gasteiger partial charge in [-0.25, -0.2) is 0 Å². The molecule has 10 heavy (non-hydrogen) atoms. The molecule has 0 aliphatic carbocycles. The van der Waals surface area contributed by atoms with Crippen LogP contribution >= 0.6 is 0 Å². The van der Waals surface area contributed by atoms with Crippen LogP contribution in [0.15, 0.2) is 0 Å². The van der Waals surface area contributed by atoms with Gasteiger partial charge >= 0.3 is 5.97 Å². The van der Waals surface area contributed by atoms with Gasteiger partial charge in [-0.2, -0.15) is 0 Å². The maximum atomic E-state index is 10.7. The van der Waals surface area contributed by atoms with E-state index in [-0.39, 0.29) is 5.97 Å². The number of hydrogen-bond donors (Lipinski definition) is 0. The largest absolute Gasteiger partial charge is 0.466 e. The highest BCUT2D eigenvalue weighted by atomic mass is 16.5. The minimum Gasteiger partial charge on any atom is -0.466 e. The van der Waals surface area contributed by atoms with Gasteiger partial charge in [0.25, 0.3) is 0 Å². The zero-order valence-corrected chi connectivity index (χ0v) is 6.43. The summed E-state index contributed by atoms with van der Waals surface area (Å²) in [5, 5.41) is 0. The van der Waals surface area contributed by atoms with Gasteiger partial charge in [0.2, 0.25) is 0 Å². The Hall–Kier alpha value is -0.530. The lowest BCUT2D eigenvalue weighted by Gasteiger charge is -1.99. The molecule has 2 heteroatoms. The number of rotatable bonds is 5. The van der Waals surface area contributed by atoms with Crippen LogP contribution in [0.3, 0.4) is 0 Å².